The van der Waals surface area contributed by atoms with E-state index < -0.39 is 0 Å². The Morgan fingerprint density at radius 1 is 1.38 bits per heavy atom. The normalized spacial score (nSPS) is 13.6. The summed E-state index contributed by atoms with van der Waals surface area (Å²) in [6, 6.07) is 8.54. The number of hydrogen-bond donors (Lipinski definition) is 1. The van der Waals surface area contributed by atoms with Crippen molar-refractivity contribution in [3.8, 4) is 11.3 Å². The van der Waals surface area contributed by atoms with E-state index in [0.29, 0.717) is 0 Å². The lowest BCUT2D eigenvalue weighted by Gasteiger charge is -2.00. The van der Waals surface area contributed by atoms with E-state index in [-0.39, 0.29) is 0 Å². The molecule has 0 atom stereocenters. The second-order valence-corrected chi connectivity index (χ2v) is 4.35. The van der Waals surface area contributed by atoms with Gasteiger partial charge in [0, 0.05) is 24.7 Å². The Balaban J connectivity index is 2.17. The molecule has 0 saturated carbocycles. The molecule has 0 radical (unpaired) electrons. The van der Waals surface area contributed by atoms with E-state index in [1.165, 1.54) is 22.5 Å². The summed E-state index contributed by atoms with van der Waals surface area (Å²) in [7, 11) is 2.00. The molecular formula is C13H15N3. The monoisotopic (exact) mass is 213 g/mol. The Morgan fingerprint density at radius 3 is 3.06 bits per heavy atom. The highest BCUT2D eigenvalue weighted by Crippen LogP contribution is 2.32. The van der Waals surface area contributed by atoms with Crippen LogP contribution in [0.5, 0.6) is 0 Å². The van der Waals surface area contributed by atoms with Crippen LogP contribution in [0.1, 0.15) is 11.1 Å². The summed E-state index contributed by atoms with van der Waals surface area (Å²) in [4.78, 5) is 0. The van der Waals surface area contributed by atoms with E-state index in [1.807, 2.05) is 11.7 Å². The highest BCUT2D eigenvalue weighted by molar-refractivity contribution is 5.71. The Labute approximate surface area is 95.1 Å². The molecule has 1 aliphatic rings. The predicted octanol–water partition coefficient (Wildman–Crippen LogP) is 2.36. The zero-order chi connectivity index (χ0) is 11.1. The summed E-state index contributed by atoms with van der Waals surface area (Å²) >= 11 is 0. The van der Waals surface area contributed by atoms with Crippen LogP contribution in [0.15, 0.2) is 24.3 Å². The minimum Gasteiger partial charge on any atom is -0.370 e. The molecule has 1 aromatic carbocycles. The number of rotatable bonds is 1. The van der Waals surface area contributed by atoms with Crippen molar-refractivity contribution in [2.24, 2.45) is 7.05 Å². The fourth-order valence-corrected chi connectivity index (χ4v) is 2.36. The molecule has 0 spiro atoms. The van der Waals surface area contributed by atoms with Crippen molar-refractivity contribution in [2.45, 2.75) is 13.3 Å². The average Bonchev–Trinajstić information content (AvgIpc) is 2.83. The smallest absolute Gasteiger partial charge is 0.127 e. The standard InChI is InChI=1S/C13H15N3/c1-9-4-3-5-10(8-9)12-11-6-7-14-13(11)16(2)15-12/h3-5,8,14H,6-7H2,1-2H3. The van der Waals surface area contributed by atoms with Gasteiger partial charge in [0.05, 0.1) is 5.69 Å². The maximum absolute atomic E-state index is 4.60. The first-order valence-corrected chi connectivity index (χ1v) is 5.62. The number of nitrogens with one attached hydrogen (secondary N) is 1. The van der Waals surface area contributed by atoms with Crippen LogP contribution in [0.2, 0.25) is 0 Å². The molecule has 1 aliphatic heterocycles. The van der Waals surface area contributed by atoms with E-state index >= 15 is 0 Å². The summed E-state index contributed by atoms with van der Waals surface area (Å²) in [5, 5.41) is 7.97. The molecule has 1 N–H and O–H groups in total. The van der Waals surface area contributed by atoms with Crippen LogP contribution >= 0.6 is 0 Å². The molecule has 0 unspecified atom stereocenters. The molecule has 0 saturated heterocycles. The highest BCUT2D eigenvalue weighted by atomic mass is 15.3. The van der Waals surface area contributed by atoms with E-state index in [4.69, 9.17) is 0 Å². The molecule has 1 aromatic heterocycles. The van der Waals surface area contributed by atoms with Crippen LogP contribution < -0.4 is 5.32 Å². The van der Waals surface area contributed by atoms with E-state index in [9.17, 15) is 0 Å². The Kier molecular flexibility index (Phi) is 1.99. The van der Waals surface area contributed by atoms with Crippen molar-refractivity contribution in [1.29, 1.82) is 0 Å². The number of nitrogens with zero attached hydrogens (tertiary/aromatic N) is 2. The minimum absolute atomic E-state index is 1.03. The fourth-order valence-electron chi connectivity index (χ4n) is 2.36. The summed E-state index contributed by atoms with van der Waals surface area (Å²) in [6.45, 7) is 3.14. The molecule has 0 fully saturated rings. The third-order valence-electron chi connectivity index (χ3n) is 3.10. The third kappa shape index (κ3) is 1.32. The van der Waals surface area contributed by atoms with Gasteiger partial charge in [-0.25, -0.2) is 0 Å². The van der Waals surface area contributed by atoms with Crippen molar-refractivity contribution in [1.82, 2.24) is 9.78 Å². The first-order chi connectivity index (χ1) is 7.75. The first-order valence-electron chi connectivity index (χ1n) is 5.62. The molecule has 2 aromatic rings. The maximum Gasteiger partial charge on any atom is 0.127 e. The van der Waals surface area contributed by atoms with E-state index in [1.54, 1.807) is 0 Å². The second-order valence-electron chi connectivity index (χ2n) is 4.35. The van der Waals surface area contributed by atoms with Gasteiger partial charge in [-0.2, -0.15) is 5.10 Å². The average molecular weight is 213 g/mol. The van der Waals surface area contributed by atoms with E-state index in [2.05, 4.69) is 41.6 Å². The van der Waals surface area contributed by atoms with Gasteiger partial charge in [-0.1, -0.05) is 23.8 Å². The lowest BCUT2D eigenvalue weighted by molar-refractivity contribution is 0.775. The molecule has 3 nitrogen and oxygen atoms in total. The van der Waals surface area contributed by atoms with Crippen molar-refractivity contribution in [3.63, 3.8) is 0 Å². The molecule has 0 amide bonds. The maximum atomic E-state index is 4.60. The Hall–Kier alpha value is -1.77. The summed E-state index contributed by atoms with van der Waals surface area (Å²) in [5.74, 6) is 1.18. The summed E-state index contributed by atoms with van der Waals surface area (Å²) in [5.41, 5.74) is 4.99. The topological polar surface area (TPSA) is 29.9 Å². The summed E-state index contributed by atoms with van der Waals surface area (Å²) < 4.78 is 1.94. The van der Waals surface area contributed by atoms with Gasteiger partial charge >= 0.3 is 0 Å². The lowest BCUT2D eigenvalue weighted by Crippen LogP contribution is -2.01. The Morgan fingerprint density at radius 2 is 2.25 bits per heavy atom. The Bertz CT molecular complexity index is 540. The molecule has 3 rings (SSSR count). The van der Waals surface area contributed by atoms with Crippen molar-refractivity contribution in [3.05, 3.63) is 35.4 Å². The quantitative estimate of drug-likeness (QED) is 0.788. The summed E-state index contributed by atoms with van der Waals surface area (Å²) in [6.07, 6.45) is 1.08. The van der Waals surface area contributed by atoms with Gasteiger partial charge in [-0.3, -0.25) is 4.68 Å². The van der Waals surface area contributed by atoms with Gasteiger partial charge in [0.25, 0.3) is 0 Å². The third-order valence-corrected chi connectivity index (χ3v) is 3.10. The van der Waals surface area contributed by atoms with Crippen LogP contribution in [0.3, 0.4) is 0 Å². The number of aromatic nitrogens is 2. The molecule has 3 heteroatoms. The number of aryl methyl sites for hydroxylation is 2. The fraction of sp³-hybridized carbons (Fsp3) is 0.308. The minimum atomic E-state index is 1.03. The van der Waals surface area contributed by atoms with Crippen LogP contribution in [0, 0.1) is 6.92 Å². The number of anilines is 1. The van der Waals surface area contributed by atoms with Gasteiger partial charge in [0.1, 0.15) is 5.82 Å². The van der Waals surface area contributed by atoms with Crippen LogP contribution in [-0.2, 0) is 13.5 Å². The van der Waals surface area contributed by atoms with E-state index in [0.717, 1.165) is 18.7 Å². The lowest BCUT2D eigenvalue weighted by atomic mass is 10.0. The number of benzene rings is 1. The van der Waals surface area contributed by atoms with Crippen LogP contribution in [0.25, 0.3) is 11.3 Å². The van der Waals surface area contributed by atoms with Gasteiger partial charge in [0.2, 0.25) is 0 Å². The van der Waals surface area contributed by atoms with Crippen LogP contribution in [-0.4, -0.2) is 16.3 Å². The van der Waals surface area contributed by atoms with Crippen molar-refractivity contribution in [2.75, 3.05) is 11.9 Å². The second kappa shape index (κ2) is 3.37. The molecule has 82 valence electrons. The van der Waals surface area contributed by atoms with Gasteiger partial charge in [-0.15, -0.1) is 0 Å². The molecule has 0 aliphatic carbocycles. The SMILES string of the molecule is Cc1cccc(-c2nn(C)c3c2CCN3)c1. The highest BCUT2D eigenvalue weighted by Gasteiger charge is 2.21. The van der Waals surface area contributed by atoms with Gasteiger partial charge in [0.15, 0.2) is 0 Å². The predicted molar refractivity (Wildman–Crippen MR) is 65.6 cm³/mol. The zero-order valence-electron chi connectivity index (χ0n) is 9.62. The molecular weight excluding hydrogens is 198 g/mol. The van der Waals surface area contributed by atoms with Gasteiger partial charge in [-0.05, 0) is 19.4 Å². The largest absolute Gasteiger partial charge is 0.370 e. The van der Waals surface area contributed by atoms with Crippen molar-refractivity contribution >= 4 is 5.82 Å². The number of fused-ring (bicyclic) bond motifs is 1. The van der Waals surface area contributed by atoms with Crippen molar-refractivity contribution < 1.29 is 0 Å². The zero-order valence-corrected chi connectivity index (χ0v) is 9.62. The first kappa shape index (κ1) is 9.46. The molecule has 16 heavy (non-hydrogen) atoms. The van der Waals surface area contributed by atoms with Crippen LogP contribution in [0.4, 0.5) is 5.82 Å². The molecule has 2 heterocycles. The molecule has 0 bridgehead atoms. The number of hydrogen-bond acceptors (Lipinski definition) is 2. The van der Waals surface area contributed by atoms with Gasteiger partial charge < -0.3 is 5.32 Å².